The standard InChI is InChI=1S/C20H42N8S2.C4H10N4.C4H6O2.C2H6.I3.I2.HI/c1-7-27(8-2)15-11-13-21-19(29)25-23-17(5)18(6)24-26-20(30)22-14-12-16-28(9-3)10-4;1-3(7-5)4(2)8-6;1-3(5)4(2)6;1-2;1-3-2;1-2;/h7-16H2,1-6H3,(H2,21,25,29)(H2,22,26,30);5-6H2,1-2H3;1-2H3;1-2H3;;;1H/q;;;;-1;;/b23-17-,24-18-;7-3-,8-4-;;;;;. The second-order valence-corrected chi connectivity index (χ2v) is 26.5. The van der Waals surface area contributed by atoms with Crippen molar-refractivity contribution < 1.29 is 22.8 Å². The van der Waals surface area contributed by atoms with E-state index in [0.29, 0.717) is 34.9 Å². The summed E-state index contributed by atoms with van der Waals surface area (Å²) in [4.78, 5) is 24.4. The van der Waals surface area contributed by atoms with Crippen LogP contribution >= 0.6 is 123 Å². The molecule has 0 rings (SSSR count). The van der Waals surface area contributed by atoms with Crippen LogP contribution in [-0.4, -0.2) is 107 Å². The van der Waals surface area contributed by atoms with Gasteiger partial charge in [-0.05, 0) is 104 Å². The van der Waals surface area contributed by atoms with E-state index >= 15 is 0 Å². The van der Waals surface area contributed by atoms with Gasteiger partial charge in [0.2, 0.25) is 0 Å². The van der Waals surface area contributed by atoms with Crippen molar-refractivity contribution in [2.75, 3.05) is 52.4 Å². The van der Waals surface area contributed by atoms with Crippen LogP contribution in [0.4, 0.5) is 0 Å². The summed E-state index contributed by atoms with van der Waals surface area (Å²) in [7, 11) is 0. The van der Waals surface area contributed by atoms with E-state index in [4.69, 9.17) is 36.1 Å². The number of carbonyl (C=O) groups is 2. The fourth-order valence-corrected chi connectivity index (χ4v) is 3.08. The molecule has 0 spiro atoms. The number of ketones is 2. The topological polar surface area (TPSA) is 190 Å². The van der Waals surface area contributed by atoms with Gasteiger partial charge in [-0.2, -0.15) is 20.4 Å². The number of hydrogen-bond donors (Lipinski definition) is 6. The number of halogens is 6. The number of nitrogens with two attached hydrogens (primary N) is 2. The van der Waals surface area contributed by atoms with Gasteiger partial charge in [-0.1, -0.05) is 41.5 Å². The molecule has 22 heteroatoms. The van der Waals surface area contributed by atoms with Crippen LogP contribution in [0.1, 0.15) is 95.9 Å². The first-order valence-corrected chi connectivity index (χ1v) is 36.0. The molecule has 0 fully saturated rings. The number of Topliss-reactive ketones (excluding diaryl/α,β-unsaturated/α-hetero) is 2. The minimum absolute atomic E-state index is 0. The monoisotopic (exact) mass is 1450 g/mol. The molecule has 0 amide bonds. The van der Waals surface area contributed by atoms with Crippen LogP contribution in [0.3, 0.4) is 0 Å². The zero-order valence-electron chi connectivity index (χ0n) is 32.8. The van der Waals surface area contributed by atoms with Crippen molar-refractivity contribution in [3.05, 3.63) is 0 Å². The predicted octanol–water partition coefficient (Wildman–Crippen LogP) is 4.14. The predicted molar refractivity (Wildman–Crippen MR) is 277 cm³/mol. The third-order valence-electron chi connectivity index (χ3n) is 6.24. The van der Waals surface area contributed by atoms with Crippen LogP contribution in [0.15, 0.2) is 20.4 Å². The van der Waals surface area contributed by atoms with Crippen molar-refractivity contribution in [3.63, 3.8) is 0 Å². The SMILES string of the molecule is CC.CC(=N/N)/C(C)=N\N.CC(=O)C(C)=O.CCN(CC)CCCNC(=S)N/N=C(C)\C(C)=N/NC(=S)NCCCN(CC)CC.I.II.I[I-]I. The molecule has 0 aromatic carbocycles. The number of thiocarbonyl (C=S) groups is 2. The molecular weight excluding hydrogens is 1390 g/mol. The molecule has 0 aliphatic carbocycles. The van der Waals surface area contributed by atoms with Crippen LogP contribution in [0.5, 0.6) is 0 Å². The minimum atomic E-state index is -0.380. The molecule has 0 aromatic heterocycles. The molecule has 0 bridgehead atoms. The van der Waals surface area contributed by atoms with Gasteiger partial charge in [0.25, 0.3) is 0 Å². The number of nitrogens with zero attached hydrogens (tertiary/aromatic N) is 6. The molecule has 0 saturated carbocycles. The third kappa shape index (κ3) is 53.4. The Balaban J connectivity index is -0.000000150. The van der Waals surface area contributed by atoms with Gasteiger partial charge in [-0.3, -0.25) is 20.4 Å². The van der Waals surface area contributed by atoms with Crippen LogP contribution in [0.25, 0.3) is 0 Å². The van der Waals surface area contributed by atoms with E-state index in [1.807, 2.05) is 27.7 Å². The quantitative estimate of drug-likeness (QED) is 0.0233. The van der Waals surface area contributed by atoms with Gasteiger partial charge in [-0.15, -0.1) is 24.0 Å². The Bertz CT molecular complexity index is 928. The Morgan fingerprint density at radius 3 is 1.08 bits per heavy atom. The Labute approximate surface area is 396 Å². The molecule has 0 atom stereocenters. The summed E-state index contributed by atoms with van der Waals surface area (Å²) < 4.78 is 0. The molecule has 0 radical (unpaired) electrons. The molecule has 0 aliphatic rings. The van der Waals surface area contributed by atoms with Crippen molar-refractivity contribution in [2.24, 2.45) is 32.1 Å². The number of carbonyl (C=O) groups excluding carboxylic acids is 2. The first kappa shape index (κ1) is 68.0. The van der Waals surface area contributed by atoms with E-state index < -0.39 is 0 Å². The van der Waals surface area contributed by atoms with Crippen LogP contribution in [0.2, 0.25) is 0 Å². The number of hydrogen-bond acceptors (Lipinski definition) is 12. The maximum absolute atomic E-state index is 9.79. The van der Waals surface area contributed by atoms with Crippen molar-refractivity contribution in [3.8, 4) is 0 Å². The van der Waals surface area contributed by atoms with Gasteiger partial charge >= 0.3 is 50.5 Å². The molecule has 0 aromatic rings. The Morgan fingerprint density at radius 2 is 0.885 bits per heavy atom. The molecule has 8 N–H and O–H groups in total. The fourth-order valence-electron chi connectivity index (χ4n) is 2.79. The van der Waals surface area contributed by atoms with Crippen LogP contribution in [-0.2, 0) is 9.59 Å². The van der Waals surface area contributed by atoms with Crippen LogP contribution in [0, 0.1) is 0 Å². The van der Waals surface area contributed by atoms with E-state index in [9.17, 15) is 9.59 Å². The van der Waals surface area contributed by atoms with Gasteiger partial charge in [-0.25, -0.2) is 0 Å². The summed E-state index contributed by atoms with van der Waals surface area (Å²) in [5.74, 6) is 9.04. The third-order valence-corrected chi connectivity index (χ3v) is 6.71. The molecule has 52 heavy (non-hydrogen) atoms. The van der Waals surface area contributed by atoms with E-state index in [-0.39, 0.29) is 35.5 Å². The molecule has 0 saturated heterocycles. The van der Waals surface area contributed by atoms with Gasteiger partial charge in [0.1, 0.15) is 0 Å². The summed E-state index contributed by atoms with van der Waals surface area (Å²) in [5, 5.41) is 22.7. The number of nitrogens with one attached hydrogen (secondary N) is 4. The first-order valence-electron chi connectivity index (χ1n) is 16.3. The normalized spacial score (nSPS) is 10.8. The molecule has 14 nitrogen and oxygen atoms in total. The van der Waals surface area contributed by atoms with E-state index in [0.717, 1.165) is 76.6 Å². The summed E-state index contributed by atoms with van der Waals surface area (Å²) in [5.41, 5.74) is 8.52. The zero-order chi connectivity index (χ0) is 41.2. The molecular formula is C30H65I6N12O2S2-. The first-order chi connectivity index (χ1) is 24.1. The van der Waals surface area contributed by atoms with Crippen molar-refractivity contribution in [1.82, 2.24) is 31.3 Å². The molecule has 312 valence electrons. The van der Waals surface area contributed by atoms with Crippen molar-refractivity contribution in [1.29, 1.82) is 0 Å². The van der Waals surface area contributed by atoms with E-state index in [1.165, 1.54) is 13.8 Å². The van der Waals surface area contributed by atoms with E-state index in [2.05, 4.69) is 154 Å². The van der Waals surface area contributed by atoms with Crippen LogP contribution < -0.4 is 46.4 Å². The maximum atomic E-state index is 9.79. The average molecular weight is 1450 g/mol. The second kappa shape index (κ2) is 54.4. The summed E-state index contributed by atoms with van der Waals surface area (Å²) >= 11 is 20.1. The number of hydrazone groups is 4. The average Bonchev–Trinajstić information content (AvgIpc) is 3.14. The van der Waals surface area contributed by atoms with E-state index in [1.54, 1.807) is 13.8 Å². The Kier molecular flexibility index (Phi) is 71.1. The van der Waals surface area contributed by atoms with Gasteiger partial charge in [0, 0.05) is 64.2 Å². The van der Waals surface area contributed by atoms with Gasteiger partial charge in [0.05, 0.1) is 22.8 Å². The Morgan fingerprint density at radius 1 is 0.635 bits per heavy atom. The van der Waals surface area contributed by atoms with Crippen molar-refractivity contribution in [2.45, 2.75) is 95.9 Å². The molecule has 0 heterocycles. The van der Waals surface area contributed by atoms with Crippen molar-refractivity contribution >= 4 is 168 Å². The molecule has 0 unspecified atom stereocenters. The Hall–Kier alpha value is 1.30. The fraction of sp³-hybridized carbons (Fsp3) is 0.733. The summed E-state index contributed by atoms with van der Waals surface area (Å²) in [6.07, 6.45) is 2.08. The summed E-state index contributed by atoms with van der Waals surface area (Å²) in [6.45, 7) is 30.5. The zero-order valence-corrected chi connectivity index (χ0v) is 47.6. The summed E-state index contributed by atoms with van der Waals surface area (Å²) in [6, 6.07) is 0. The second-order valence-electron chi connectivity index (χ2n) is 9.49. The number of rotatable bonds is 17. The van der Waals surface area contributed by atoms with Gasteiger partial charge < -0.3 is 32.1 Å². The molecule has 0 aliphatic heterocycles. The van der Waals surface area contributed by atoms with Gasteiger partial charge in [0.15, 0.2) is 21.8 Å².